The fourth-order valence-corrected chi connectivity index (χ4v) is 2.44. The molecule has 3 N–H and O–H groups in total. The van der Waals surface area contributed by atoms with Gasteiger partial charge in [-0.2, -0.15) is 0 Å². The molecule has 3 rings (SSSR count). The third-order valence-electron chi connectivity index (χ3n) is 3.76. The Morgan fingerprint density at radius 2 is 1.90 bits per heavy atom. The van der Waals surface area contributed by atoms with E-state index in [1.807, 2.05) is 31.2 Å². The van der Waals surface area contributed by atoms with Gasteiger partial charge in [-0.05, 0) is 12.4 Å². The second-order valence-electron chi connectivity index (χ2n) is 5.30. The lowest BCUT2D eigenvalue weighted by molar-refractivity contribution is -0.302. The van der Waals surface area contributed by atoms with Gasteiger partial charge in [-0.25, -0.2) is 0 Å². The lowest BCUT2D eigenvalue weighted by Gasteiger charge is -2.41. The van der Waals surface area contributed by atoms with Gasteiger partial charge >= 0.3 is 7.12 Å². The van der Waals surface area contributed by atoms with E-state index in [0.717, 1.165) is 11.0 Å². The monoisotopic (exact) mass is 280 g/mol. The van der Waals surface area contributed by atoms with Crippen LogP contribution in [0.2, 0.25) is 0 Å². The van der Waals surface area contributed by atoms with Gasteiger partial charge in [0.25, 0.3) is 0 Å². The maximum Gasteiger partial charge on any atom is 0.496 e. The SMILES string of the molecule is Cc1ccc(B2OC[C@]3(OC[C@@H](O)[C@@H](O)[C@@H]3O)O2)cc1. The van der Waals surface area contributed by atoms with Gasteiger partial charge in [-0.1, -0.05) is 29.8 Å². The van der Waals surface area contributed by atoms with Gasteiger partial charge in [-0.3, -0.25) is 0 Å². The standard InChI is InChI=1S/C13H17BO6/c1-8-2-4-9(5-3-8)14-19-7-13(20-14)12(17)11(16)10(15)6-18-13/h2-5,10-12,15-17H,6-7H2,1H3/t10-,11-,12+,13+/m1/s1. The molecule has 20 heavy (non-hydrogen) atoms. The van der Waals surface area contributed by atoms with Crippen LogP contribution in [0.25, 0.3) is 0 Å². The highest BCUT2D eigenvalue weighted by Gasteiger charge is 2.56. The molecule has 0 aromatic heterocycles. The Bertz CT molecular complexity index is 480. The third kappa shape index (κ3) is 2.26. The van der Waals surface area contributed by atoms with Crippen LogP contribution in [0.4, 0.5) is 0 Å². The lowest BCUT2D eigenvalue weighted by atomic mass is 9.79. The average Bonchev–Trinajstić information content (AvgIpc) is 2.88. The largest absolute Gasteiger partial charge is 0.496 e. The topological polar surface area (TPSA) is 88.4 Å². The van der Waals surface area contributed by atoms with Crippen LogP contribution in [0, 0.1) is 6.92 Å². The smallest absolute Gasteiger partial charge is 0.402 e. The highest BCUT2D eigenvalue weighted by atomic mass is 16.8. The van der Waals surface area contributed by atoms with Crippen molar-refractivity contribution in [3.8, 4) is 0 Å². The molecule has 1 aromatic rings. The zero-order valence-electron chi connectivity index (χ0n) is 11.1. The quantitative estimate of drug-likeness (QED) is 0.545. The summed E-state index contributed by atoms with van der Waals surface area (Å²) in [6.07, 6.45) is -3.80. The van der Waals surface area contributed by atoms with Gasteiger partial charge in [0, 0.05) is 0 Å². The number of aliphatic hydroxyl groups is 3. The van der Waals surface area contributed by atoms with Gasteiger partial charge < -0.3 is 29.4 Å². The van der Waals surface area contributed by atoms with E-state index in [1.54, 1.807) is 0 Å². The van der Waals surface area contributed by atoms with Gasteiger partial charge in [0.05, 0.1) is 13.2 Å². The summed E-state index contributed by atoms with van der Waals surface area (Å²) >= 11 is 0. The minimum absolute atomic E-state index is 0.00348. The third-order valence-corrected chi connectivity index (χ3v) is 3.76. The molecule has 0 aliphatic carbocycles. The second-order valence-corrected chi connectivity index (χ2v) is 5.30. The molecule has 0 unspecified atom stereocenters. The van der Waals surface area contributed by atoms with E-state index in [0.29, 0.717) is 0 Å². The van der Waals surface area contributed by atoms with Crippen molar-refractivity contribution < 1.29 is 29.4 Å². The highest BCUT2D eigenvalue weighted by molar-refractivity contribution is 6.61. The van der Waals surface area contributed by atoms with Gasteiger partial charge in [0.2, 0.25) is 5.79 Å². The molecule has 1 spiro atoms. The zero-order valence-corrected chi connectivity index (χ0v) is 11.1. The minimum Gasteiger partial charge on any atom is -0.402 e. The number of ether oxygens (including phenoxy) is 1. The first-order valence-electron chi connectivity index (χ1n) is 6.56. The van der Waals surface area contributed by atoms with Crippen LogP contribution < -0.4 is 5.46 Å². The fourth-order valence-electron chi connectivity index (χ4n) is 2.44. The molecule has 7 heteroatoms. The predicted molar refractivity (Wildman–Crippen MR) is 70.3 cm³/mol. The molecule has 4 atom stereocenters. The van der Waals surface area contributed by atoms with Gasteiger partial charge in [-0.15, -0.1) is 0 Å². The molecular formula is C13H17BO6. The summed E-state index contributed by atoms with van der Waals surface area (Å²) in [7, 11) is -0.660. The van der Waals surface area contributed by atoms with E-state index < -0.39 is 31.2 Å². The molecule has 2 aliphatic rings. The molecule has 1 aromatic carbocycles. The molecule has 2 fully saturated rings. The van der Waals surface area contributed by atoms with E-state index >= 15 is 0 Å². The van der Waals surface area contributed by atoms with Crippen LogP contribution in [0.3, 0.4) is 0 Å². The van der Waals surface area contributed by atoms with Crippen LogP contribution in [-0.2, 0) is 14.0 Å². The molecule has 0 bridgehead atoms. The number of aliphatic hydroxyl groups excluding tert-OH is 3. The van der Waals surface area contributed by atoms with Crippen molar-refractivity contribution in [2.75, 3.05) is 13.2 Å². The van der Waals surface area contributed by atoms with E-state index in [2.05, 4.69) is 0 Å². The Labute approximate surface area is 117 Å². The second kappa shape index (κ2) is 5.11. The van der Waals surface area contributed by atoms with E-state index in [4.69, 9.17) is 14.0 Å². The first-order chi connectivity index (χ1) is 9.52. The van der Waals surface area contributed by atoms with Crippen LogP contribution >= 0.6 is 0 Å². The lowest BCUT2D eigenvalue weighted by Crippen LogP contribution is -2.62. The summed E-state index contributed by atoms with van der Waals surface area (Å²) < 4.78 is 16.6. The number of hydrogen-bond acceptors (Lipinski definition) is 6. The summed E-state index contributed by atoms with van der Waals surface area (Å²) in [5.74, 6) is -1.42. The number of rotatable bonds is 1. The molecule has 0 radical (unpaired) electrons. The molecular weight excluding hydrogens is 263 g/mol. The van der Waals surface area contributed by atoms with Crippen molar-refractivity contribution in [3.63, 3.8) is 0 Å². The molecule has 2 heterocycles. The Balaban J connectivity index is 1.77. The van der Waals surface area contributed by atoms with Crippen molar-refractivity contribution in [1.82, 2.24) is 0 Å². The molecule has 2 aliphatic heterocycles. The maximum atomic E-state index is 10.1. The molecule has 108 valence electrons. The van der Waals surface area contributed by atoms with Crippen LogP contribution in [0.15, 0.2) is 24.3 Å². The first-order valence-corrected chi connectivity index (χ1v) is 6.56. The molecule has 6 nitrogen and oxygen atoms in total. The maximum absolute atomic E-state index is 10.1. The summed E-state index contributed by atoms with van der Waals surface area (Å²) in [6, 6.07) is 7.62. The Kier molecular flexibility index (Phi) is 3.57. The van der Waals surface area contributed by atoms with Crippen LogP contribution in [0.1, 0.15) is 5.56 Å². The number of hydrogen-bond donors (Lipinski definition) is 3. The van der Waals surface area contributed by atoms with Crippen LogP contribution in [0.5, 0.6) is 0 Å². The Morgan fingerprint density at radius 1 is 1.20 bits per heavy atom. The molecule has 0 saturated carbocycles. The van der Waals surface area contributed by atoms with Crippen molar-refractivity contribution in [3.05, 3.63) is 29.8 Å². The van der Waals surface area contributed by atoms with E-state index in [1.165, 1.54) is 0 Å². The summed E-state index contributed by atoms with van der Waals surface area (Å²) in [4.78, 5) is 0. The Hall–Kier alpha value is -0.955. The van der Waals surface area contributed by atoms with Gasteiger partial charge in [0.15, 0.2) is 0 Å². The van der Waals surface area contributed by atoms with E-state index in [-0.39, 0.29) is 13.2 Å². The highest BCUT2D eigenvalue weighted by Crippen LogP contribution is 2.32. The van der Waals surface area contributed by atoms with Crippen molar-refractivity contribution in [2.45, 2.75) is 31.0 Å². The molecule has 2 saturated heterocycles. The summed E-state index contributed by atoms with van der Waals surface area (Å²) in [5.41, 5.74) is 1.93. The number of aryl methyl sites for hydroxylation is 1. The fraction of sp³-hybridized carbons (Fsp3) is 0.538. The number of benzene rings is 1. The summed E-state index contributed by atoms with van der Waals surface area (Å²) in [6.45, 7) is 1.87. The Morgan fingerprint density at radius 3 is 2.60 bits per heavy atom. The van der Waals surface area contributed by atoms with Crippen LogP contribution in [-0.4, -0.2) is 59.8 Å². The van der Waals surface area contributed by atoms with Gasteiger partial charge in [0.1, 0.15) is 18.3 Å². The van der Waals surface area contributed by atoms with Crippen molar-refractivity contribution >= 4 is 12.6 Å². The normalized spacial score (nSPS) is 37.6. The summed E-state index contributed by atoms with van der Waals surface area (Å²) in [5, 5.41) is 29.3. The first kappa shape index (κ1) is 14.0. The molecule has 0 amide bonds. The van der Waals surface area contributed by atoms with Crippen molar-refractivity contribution in [2.24, 2.45) is 0 Å². The van der Waals surface area contributed by atoms with E-state index in [9.17, 15) is 15.3 Å². The zero-order chi connectivity index (χ0) is 14.3. The predicted octanol–water partition coefficient (Wildman–Crippen LogP) is -1.45. The minimum atomic E-state index is -1.42. The van der Waals surface area contributed by atoms with Crippen molar-refractivity contribution in [1.29, 1.82) is 0 Å². The average molecular weight is 280 g/mol.